The third-order valence-corrected chi connectivity index (χ3v) is 3.30. The first-order valence-corrected chi connectivity index (χ1v) is 6.69. The average Bonchev–Trinajstić information content (AvgIpc) is 3.02. The zero-order valence-electron chi connectivity index (χ0n) is 11.5. The van der Waals surface area contributed by atoms with Crippen LogP contribution >= 0.6 is 0 Å². The van der Waals surface area contributed by atoms with Crippen molar-refractivity contribution in [3.05, 3.63) is 35.9 Å². The van der Waals surface area contributed by atoms with Crippen molar-refractivity contribution >= 4 is 17.8 Å². The molecule has 1 aliphatic rings. The molecule has 1 heterocycles. The van der Waals surface area contributed by atoms with Gasteiger partial charge in [0.25, 0.3) is 5.91 Å². The number of likely N-dealkylation sites (tertiary alicyclic amines) is 1. The quantitative estimate of drug-likeness (QED) is 0.752. The number of benzene rings is 1. The molecule has 1 atom stereocenters. The van der Waals surface area contributed by atoms with Crippen molar-refractivity contribution in [1.29, 1.82) is 0 Å². The van der Waals surface area contributed by atoms with Gasteiger partial charge in [-0.15, -0.1) is 0 Å². The smallest absolute Gasteiger partial charge is 0.335 e. The van der Waals surface area contributed by atoms with Crippen molar-refractivity contribution in [2.24, 2.45) is 5.73 Å². The third-order valence-electron chi connectivity index (χ3n) is 3.30. The number of carbonyl (C=O) groups is 3. The lowest BCUT2D eigenvalue weighted by Gasteiger charge is -2.22. The molecule has 21 heavy (non-hydrogen) atoms. The summed E-state index contributed by atoms with van der Waals surface area (Å²) in [5.74, 6) is -1.46. The molecule has 3 N–H and O–H groups in total. The molecule has 1 aromatic rings. The van der Waals surface area contributed by atoms with Crippen LogP contribution in [0.5, 0.6) is 0 Å². The molecule has 0 saturated carbocycles. The van der Waals surface area contributed by atoms with E-state index in [1.807, 2.05) is 0 Å². The minimum absolute atomic E-state index is 0.145. The first-order valence-electron chi connectivity index (χ1n) is 6.69. The minimum atomic E-state index is -0.654. The third kappa shape index (κ3) is 3.57. The molecule has 7 nitrogen and oxygen atoms in total. The number of hydroxylamine groups is 1. The van der Waals surface area contributed by atoms with Crippen LogP contribution in [-0.4, -0.2) is 41.8 Å². The van der Waals surface area contributed by atoms with Gasteiger partial charge in [-0.05, 0) is 25.0 Å². The van der Waals surface area contributed by atoms with Crippen LogP contribution in [0.1, 0.15) is 23.2 Å². The maximum atomic E-state index is 12.0. The van der Waals surface area contributed by atoms with Gasteiger partial charge in [-0.2, -0.15) is 5.48 Å². The predicted octanol–water partition coefficient (Wildman–Crippen LogP) is -0.176. The van der Waals surface area contributed by atoms with Crippen LogP contribution in [0.3, 0.4) is 0 Å². The van der Waals surface area contributed by atoms with Gasteiger partial charge < -0.3 is 15.5 Å². The molecule has 1 saturated heterocycles. The van der Waals surface area contributed by atoms with E-state index in [1.54, 1.807) is 30.3 Å². The Bertz CT molecular complexity index is 532. The van der Waals surface area contributed by atoms with Crippen molar-refractivity contribution in [2.45, 2.75) is 18.9 Å². The number of carbonyl (C=O) groups excluding carboxylic acids is 3. The molecule has 0 aliphatic carbocycles. The fraction of sp³-hybridized carbons (Fsp3) is 0.357. The summed E-state index contributed by atoms with van der Waals surface area (Å²) in [6, 6.07) is 7.67. The fourth-order valence-electron chi connectivity index (χ4n) is 2.25. The van der Waals surface area contributed by atoms with Crippen LogP contribution in [0.2, 0.25) is 0 Å². The van der Waals surface area contributed by atoms with E-state index in [2.05, 4.69) is 5.48 Å². The van der Waals surface area contributed by atoms with E-state index in [-0.39, 0.29) is 12.5 Å². The fourth-order valence-corrected chi connectivity index (χ4v) is 2.25. The number of hydrogen-bond donors (Lipinski definition) is 2. The molecule has 0 radical (unpaired) electrons. The van der Waals surface area contributed by atoms with Crippen LogP contribution in [0.15, 0.2) is 30.3 Å². The zero-order chi connectivity index (χ0) is 15.2. The normalized spacial score (nSPS) is 17.4. The molecule has 2 rings (SSSR count). The predicted molar refractivity (Wildman–Crippen MR) is 73.8 cm³/mol. The zero-order valence-corrected chi connectivity index (χ0v) is 11.5. The number of rotatable bonds is 3. The van der Waals surface area contributed by atoms with E-state index < -0.39 is 17.9 Å². The van der Waals surface area contributed by atoms with Crippen molar-refractivity contribution in [2.75, 3.05) is 13.1 Å². The van der Waals surface area contributed by atoms with Crippen molar-refractivity contribution < 1.29 is 19.2 Å². The monoisotopic (exact) mass is 291 g/mol. The number of amides is 2. The molecule has 0 unspecified atom stereocenters. The molecule has 7 heteroatoms. The summed E-state index contributed by atoms with van der Waals surface area (Å²) in [5, 5.41) is 0. The van der Waals surface area contributed by atoms with Gasteiger partial charge in [0.2, 0.25) is 5.91 Å². The Balaban J connectivity index is 1.90. The lowest BCUT2D eigenvalue weighted by molar-refractivity contribution is -0.142. The first kappa shape index (κ1) is 15.0. The standard InChI is InChI=1S/C14H17N3O4/c15-9-12(18)17-8-4-7-11(17)13(19)16-21-14(20)10-5-2-1-3-6-10/h1-3,5-6,11H,4,7-9,15H2,(H,16,19)/t11-/m0/s1. The summed E-state index contributed by atoms with van der Waals surface area (Å²) in [6.45, 7) is 0.342. The molecule has 0 spiro atoms. The van der Waals surface area contributed by atoms with Crippen molar-refractivity contribution in [3.8, 4) is 0 Å². The molecule has 1 aliphatic heterocycles. The van der Waals surface area contributed by atoms with Gasteiger partial charge in [0.15, 0.2) is 0 Å². The van der Waals surface area contributed by atoms with Gasteiger partial charge in [0, 0.05) is 6.54 Å². The van der Waals surface area contributed by atoms with Gasteiger partial charge in [-0.1, -0.05) is 18.2 Å². The van der Waals surface area contributed by atoms with Crippen LogP contribution in [0.4, 0.5) is 0 Å². The maximum Gasteiger partial charge on any atom is 0.362 e. The highest BCUT2D eigenvalue weighted by molar-refractivity contribution is 5.92. The highest BCUT2D eigenvalue weighted by Gasteiger charge is 2.34. The number of nitrogens with one attached hydrogen (secondary N) is 1. The van der Waals surface area contributed by atoms with Gasteiger partial charge in [-0.25, -0.2) is 4.79 Å². The van der Waals surface area contributed by atoms with Crippen LogP contribution in [-0.2, 0) is 14.4 Å². The second kappa shape index (κ2) is 6.85. The van der Waals surface area contributed by atoms with E-state index in [4.69, 9.17) is 10.6 Å². The first-order chi connectivity index (χ1) is 10.1. The largest absolute Gasteiger partial charge is 0.362 e. The van der Waals surface area contributed by atoms with E-state index in [1.165, 1.54) is 4.90 Å². The average molecular weight is 291 g/mol. The lowest BCUT2D eigenvalue weighted by Crippen LogP contribution is -2.48. The summed E-state index contributed by atoms with van der Waals surface area (Å²) in [4.78, 5) is 41.5. The van der Waals surface area contributed by atoms with E-state index in [0.717, 1.165) is 6.42 Å². The number of nitrogens with zero attached hydrogens (tertiary/aromatic N) is 1. The van der Waals surface area contributed by atoms with Crippen molar-refractivity contribution in [3.63, 3.8) is 0 Å². The molecule has 112 valence electrons. The Morgan fingerprint density at radius 1 is 1.29 bits per heavy atom. The molecular formula is C14H17N3O4. The summed E-state index contributed by atoms with van der Waals surface area (Å²) in [6.07, 6.45) is 1.25. The summed E-state index contributed by atoms with van der Waals surface area (Å²) >= 11 is 0. The Kier molecular flexibility index (Phi) is 4.89. The van der Waals surface area contributed by atoms with Crippen LogP contribution < -0.4 is 11.2 Å². The minimum Gasteiger partial charge on any atom is -0.335 e. The molecule has 0 bridgehead atoms. The molecular weight excluding hydrogens is 274 g/mol. The van der Waals surface area contributed by atoms with Gasteiger partial charge >= 0.3 is 5.97 Å². The summed E-state index contributed by atoms with van der Waals surface area (Å²) in [7, 11) is 0. The molecule has 1 fully saturated rings. The second-order valence-electron chi connectivity index (χ2n) is 4.67. The summed E-state index contributed by atoms with van der Waals surface area (Å²) < 4.78 is 0. The Morgan fingerprint density at radius 3 is 2.67 bits per heavy atom. The molecule has 2 amide bonds. The van der Waals surface area contributed by atoms with E-state index in [0.29, 0.717) is 18.5 Å². The lowest BCUT2D eigenvalue weighted by atomic mass is 10.2. The highest BCUT2D eigenvalue weighted by Crippen LogP contribution is 2.17. The van der Waals surface area contributed by atoms with Crippen LogP contribution in [0.25, 0.3) is 0 Å². The molecule has 1 aromatic carbocycles. The number of nitrogens with two attached hydrogens (primary N) is 1. The number of hydrogen-bond acceptors (Lipinski definition) is 5. The van der Waals surface area contributed by atoms with Crippen LogP contribution in [0, 0.1) is 0 Å². The SMILES string of the molecule is NCC(=O)N1CCC[C@H]1C(=O)NOC(=O)c1ccccc1. The Labute approximate surface area is 122 Å². The van der Waals surface area contributed by atoms with Gasteiger partial charge in [0.1, 0.15) is 6.04 Å². The summed E-state index contributed by atoms with van der Waals surface area (Å²) in [5.41, 5.74) is 7.75. The van der Waals surface area contributed by atoms with Gasteiger partial charge in [0.05, 0.1) is 12.1 Å². The Hall–Kier alpha value is -2.41. The van der Waals surface area contributed by atoms with E-state index >= 15 is 0 Å². The maximum absolute atomic E-state index is 12.0. The Morgan fingerprint density at radius 2 is 2.00 bits per heavy atom. The van der Waals surface area contributed by atoms with Gasteiger partial charge in [-0.3, -0.25) is 9.59 Å². The molecule has 0 aromatic heterocycles. The topological polar surface area (TPSA) is 102 Å². The van der Waals surface area contributed by atoms with Crippen molar-refractivity contribution in [1.82, 2.24) is 10.4 Å². The van der Waals surface area contributed by atoms with E-state index in [9.17, 15) is 14.4 Å². The second-order valence-corrected chi connectivity index (χ2v) is 4.67. The highest BCUT2D eigenvalue weighted by atomic mass is 16.7.